The number of esters is 1. The van der Waals surface area contributed by atoms with E-state index in [2.05, 4.69) is 19.5 Å². The third kappa shape index (κ3) is 3.66. The second-order valence-electron chi connectivity index (χ2n) is 5.29. The topological polar surface area (TPSA) is 103 Å². The van der Waals surface area contributed by atoms with Crippen LogP contribution in [0.3, 0.4) is 0 Å². The van der Waals surface area contributed by atoms with Gasteiger partial charge in [0.25, 0.3) is 0 Å². The van der Waals surface area contributed by atoms with E-state index in [1.807, 2.05) is 18.2 Å². The van der Waals surface area contributed by atoms with Crippen molar-refractivity contribution in [3.63, 3.8) is 0 Å². The third-order valence-electron chi connectivity index (χ3n) is 3.59. The number of ether oxygens (including phenoxy) is 1. The standard InChI is InChI=1S/C16H16N4O4S2/c1-20-13(12-5-3-4-7-17-12)9-11(19-20)10-18-26(22,23)14-6-8-25-15(14)16(21)24-2/h3-9,18H,10H2,1-2H3. The summed E-state index contributed by atoms with van der Waals surface area (Å²) in [4.78, 5) is 15.9. The predicted molar refractivity (Wildman–Crippen MR) is 96.1 cm³/mol. The fourth-order valence-electron chi connectivity index (χ4n) is 2.36. The zero-order valence-corrected chi connectivity index (χ0v) is 15.7. The third-order valence-corrected chi connectivity index (χ3v) is 6.06. The molecular weight excluding hydrogens is 376 g/mol. The van der Waals surface area contributed by atoms with Crippen molar-refractivity contribution in [3.05, 3.63) is 52.5 Å². The average Bonchev–Trinajstić information content (AvgIpc) is 3.27. The van der Waals surface area contributed by atoms with Crippen LogP contribution in [0.25, 0.3) is 11.4 Å². The number of nitrogens with one attached hydrogen (secondary N) is 1. The molecule has 0 aliphatic rings. The normalized spacial score (nSPS) is 11.5. The van der Waals surface area contributed by atoms with Gasteiger partial charge in [-0.05, 0) is 29.6 Å². The second-order valence-corrected chi connectivity index (χ2v) is 7.94. The highest BCUT2D eigenvalue weighted by molar-refractivity contribution is 7.89. The van der Waals surface area contributed by atoms with E-state index in [1.165, 1.54) is 18.6 Å². The molecule has 0 saturated heterocycles. The van der Waals surface area contributed by atoms with E-state index in [-0.39, 0.29) is 16.3 Å². The molecule has 0 bridgehead atoms. The van der Waals surface area contributed by atoms with E-state index in [9.17, 15) is 13.2 Å². The molecule has 3 rings (SSSR count). The number of pyridine rings is 1. The van der Waals surface area contributed by atoms with Crippen molar-refractivity contribution in [2.24, 2.45) is 7.05 Å². The van der Waals surface area contributed by atoms with Crippen LogP contribution in [0.5, 0.6) is 0 Å². The van der Waals surface area contributed by atoms with Crippen molar-refractivity contribution in [3.8, 4) is 11.4 Å². The van der Waals surface area contributed by atoms with Crippen LogP contribution in [0.1, 0.15) is 15.4 Å². The second kappa shape index (κ2) is 7.36. The SMILES string of the molecule is COC(=O)c1sccc1S(=O)(=O)NCc1cc(-c2ccccn2)n(C)n1. The van der Waals surface area contributed by atoms with Crippen LogP contribution in [-0.2, 0) is 28.4 Å². The first-order valence-electron chi connectivity index (χ1n) is 7.52. The lowest BCUT2D eigenvalue weighted by Crippen LogP contribution is -2.24. The Labute approximate surface area is 154 Å². The summed E-state index contributed by atoms with van der Waals surface area (Å²) in [6, 6.07) is 8.66. The summed E-state index contributed by atoms with van der Waals surface area (Å²) >= 11 is 1.01. The van der Waals surface area contributed by atoms with Gasteiger partial charge in [0.1, 0.15) is 9.77 Å². The first-order chi connectivity index (χ1) is 12.4. The summed E-state index contributed by atoms with van der Waals surface area (Å²) in [6.07, 6.45) is 1.68. The number of aryl methyl sites for hydroxylation is 1. The van der Waals surface area contributed by atoms with Gasteiger partial charge < -0.3 is 4.74 Å². The summed E-state index contributed by atoms with van der Waals surface area (Å²) in [5.74, 6) is -0.685. The van der Waals surface area contributed by atoms with Gasteiger partial charge in [-0.3, -0.25) is 9.67 Å². The van der Waals surface area contributed by atoms with Crippen LogP contribution in [0.2, 0.25) is 0 Å². The zero-order valence-electron chi connectivity index (χ0n) is 14.0. The fraction of sp³-hybridized carbons (Fsp3) is 0.188. The van der Waals surface area contributed by atoms with Gasteiger partial charge in [-0.2, -0.15) is 5.10 Å². The summed E-state index contributed by atoms with van der Waals surface area (Å²) in [7, 11) is -0.907. The zero-order chi connectivity index (χ0) is 18.7. The van der Waals surface area contributed by atoms with Crippen molar-refractivity contribution < 1.29 is 17.9 Å². The predicted octanol–water partition coefficient (Wildman–Crippen LogP) is 1.81. The Morgan fingerprint density at radius 2 is 2.15 bits per heavy atom. The molecule has 8 nitrogen and oxygen atoms in total. The molecule has 26 heavy (non-hydrogen) atoms. The molecule has 3 heterocycles. The van der Waals surface area contributed by atoms with Crippen molar-refractivity contribution in [1.82, 2.24) is 19.5 Å². The van der Waals surface area contributed by atoms with Crippen LogP contribution in [0, 0.1) is 0 Å². The highest BCUT2D eigenvalue weighted by Crippen LogP contribution is 2.23. The smallest absolute Gasteiger partial charge is 0.349 e. The van der Waals surface area contributed by atoms with Crippen molar-refractivity contribution >= 4 is 27.3 Å². The van der Waals surface area contributed by atoms with Gasteiger partial charge in [0, 0.05) is 13.2 Å². The van der Waals surface area contributed by atoms with Gasteiger partial charge in [0.15, 0.2) is 0 Å². The molecule has 0 aliphatic carbocycles. The Morgan fingerprint density at radius 3 is 2.85 bits per heavy atom. The minimum absolute atomic E-state index is 0.0144. The van der Waals surface area contributed by atoms with E-state index in [0.29, 0.717) is 5.69 Å². The Kier molecular flexibility index (Phi) is 5.16. The maximum absolute atomic E-state index is 12.5. The van der Waals surface area contributed by atoms with Gasteiger partial charge in [0.2, 0.25) is 10.0 Å². The minimum Gasteiger partial charge on any atom is -0.465 e. The number of carbonyl (C=O) groups excluding carboxylic acids is 1. The van der Waals surface area contributed by atoms with Crippen molar-refractivity contribution in [1.29, 1.82) is 0 Å². The van der Waals surface area contributed by atoms with Crippen molar-refractivity contribution in [2.45, 2.75) is 11.4 Å². The summed E-state index contributed by atoms with van der Waals surface area (Å²) in [5, 5.41) is 5.83. The Hall–Kier alpha value is -2.56. The molecule has 3 aromatic rings. The lowest BCUT2D eigenvalue weighted by molar-refractivity contribution is 0.0602. The molecule has 10 heteroatoms. The first kappa shape index (κ1) is 18.2. The van der Waals surface area contributed by atoms with Crippen LogP contribution < -0.4 is 4.72 Å². The number of nitrogens with zero attached hydrogens (tertiary/aromatic N) is 3. The summed E-state index contributed by atoms with van der Waals surface area (Å²) < 4.78 is 33.7. The number of thiophene rings is 1. The van der Waals surface area contributed by atoms with E-state index in [0.717, 1.165) is 22.7 Å². The Morgan fingerprint density at radius 1 is 1.35 bits per heavy atom. The lowest BCUT2D eigenvalue weighted by atomic mass is 10.2. The minimum atomic E-state index is -3.87. The molecule has 0 spiro atoms. The molecule has 0 amide bonds. The first-order valence-corrected chi connectivity index (χ1v) is 9.88. The van der Waals surface area contributed by atoms with E-state index in [1.54, 1.807) is 24.0 Å². The summed E-state index contributed by atoms with van der Waals surface area (Å²) in [5.41, 5.74) is 2.04. The molecule has 0 aromatic carbocycles. The van der Waals surface area contributed by atoms with Gasteiger partial charge in [-0.1, -0.05) is 6.07 Å². The molecule has 0 atom stereocenters. The lowest BCUT2D eigenvalue weighted by Gasteiger charge is -2.05. The molecule has 3 aromatic heterocycles. The monoisotopic (exact) mass is 392 g/mol. The maximum atomic E-state index is 12.5. The fourth-order valence-corrected chi connectivity index (χ4v) is 4.70. The molecule has 0 unspecified atom stereocenters. The van der Waals surface area contributed by atoms with E-state index in [4.69, 9.17) is 0 Å². The van der Waals surface area contributed by atoms with E-state index >= 15 is 0 Å². The highest BCUT2D eigenvalue weighted by atomic mass is 32.2. The highest BCUT2D eigenvalue weighted by Gasteiger charge is 2.24. The Balaban J connectivity index is 1.79. The summed E-state index contributed by atoms with van der Waals surface area (Å²) in [6.45, 7) is -0.0144. The van der Waals surface area contributed by atoms with Crippen LogP contribution in [0.15, 0.2) is 46.8 Å². The molecule has 1 N–H and O–H groups in total. The maximum Gasteiger partial charge on any atom is 0.349 e. The van der Waals surface area contributed by atoms with Crippen molar-refractivity contribution in [2.75, 3.05) is 7.11 Å². The van der Waals surface area contributed by atoms with Gasteiger partial charge in [-0.25, -0.2) is 17.9 Å². The number of methoxy groups -OCH3 is 1. The van der Waals surface area contributed by atoms with Gasteiger partial charge >= 0.3 is 5.97 Å². The van der Waals surface area contributed by atoms with Crippen LogP contribution in [0.4, 0.5) is 0 Å². The van der Waals surface area contributed by atoms with E-state index < -0.39 is 16.0 Å². The number of hydrogen-bond donors (Lipinski definition) is 1. The van der Waals surface area contributed by atoms with Gasteiger partial charge in [0.05, 0.1) is 30.7 Å². The number of rotatable bonds is 6. The van der Waals surface area contributed by atoms with Gasteiger partial charge in [-0.15, -0.1) is 11.3 Å². The molecule has 136 valence electrons. The van der Waals surface area contributed by atoms with Crippen LogP contribution >= 0.6 is 11.3 Å². The number of aromatic nitrogens is 3. The number of hydrogen-bond acceptors (Lipinski definition) is 7. The molecular formula is C16H16N4O4S2. The number of sulfonamides is 1. The molecule has 0 aliphatic heterocycles. The Bertz CT molecular complexity index is 1030. The molecule has 0 saturated carbocycles. The molecule has 0 radical (unpaired) electrons. The molecule has 0 fully saturated rings. The largest absolute Gasteiger partial charge is 0.465 e. The average molecular weight is 392 g/mol. The quantitative estimate of drug-likeness (QED) is 0.642. The van der Waals surface area contributed by atoms with Crippen LogP contribution in [-0.4, -0.2) is 36.3 Å². The number of carbonyl (C=O) groups is 1.